The molecule has 0 aromatic carbocycles. The molecule has 1 saturated carbocycles. The Hall–Kier alpha value is -1.23. The van der Waals surface area contributed by atoms with E-state index < -0.39 is 54.3 Å². The van der Waals surface area contributed by atoms with E-state index in [4.69, 9.17) is 0 Å². The summed E-state index contributed by atoms with van der Waals surface area (Å²) in [4.78, 5) is 10.8. The van der Waals surface area contributed by atoms with Gasteiger partial charge in [0.05, 0.1) is 0 Å². The molecule has 0 saturated heterocycles. The van der Waals surface area contributed by atoms with Crippen molar-refractivity contribution in [2.75, 3.05) is 7.05 Å². The molecule has 2 unspecified atom stereocenters. The van der Waals surface area contributed by atoms with Crippen molar-refractivity contribution in [3.8, 4) is 0 Å². The largest absolute Gasteiger partial charge is 0.381 e. The van der Waals surface area contributed by atoms with E-state index in [0.29, 0.717) is 0 Å². The van der Waals surface area contributed by atoms with Crippen molar-refractivity contribution in [2.24, 2.45) is 0 Å². The summed E-state index contributed by atoms with van der Waals surface area (Å²) >= 11 is 0. The van der Waals surface area contributed by atoms with Gasteiger partial charge in [0.25, 0.3) is 0 Å². The molecule has 0 aliphatic heterocycles. The number of amides is 1. The topological polar surface area (TPSA) is 29.1 Å². The molecule has 1 aliphatic carbocycles. The summed E-state index contributed by atoms with van der Waals surface area (Å²) in [5.41, 5.74) is -5.35. The van der Waals surface area contributed by atoms with E-state index in [1.54, 1.807) is 5.32 Å². The third-order valence-electron chi connectivity index (χ3n) is 3.44. The maximum Gasteiger partial charge on any atom is 0.381 e. The molecule has 2 nitrogen and oxygen atoms in total. The Morgan fingerprint density at radius 2 is 1.36 bits per heavy atom. The molecule has 0 heterocycles. The molecule has 1 fully saturated rings. The number of hydrogen-bond donors (Lipinski definition) is 1. The van der Waals surface area contributed by atoms with Crippen LogP contribution in [0.2, 0.25) is 0 Å². The zero-order valence-corrected chi connectivity index (χ0v) is 10.7. The molecule has 0 bridgehead atoms. The first kappa shape index (κ1) is 18.8. The van der Waals surface area contributed by atoms with Crippen molar-refractivity contribution in [3.05, 3.63) is 0 Å². The first-order chi connectivity index (χ1) is 9.61. The normalized spacial score (nSPS) is 35.0. The number of nitrogens with one attached hydrogen (secondary N) is 1. The van der Waals surface area contributed by atoms with Gasteiger partial charge < -0.3 is 5.32 Å². The molecule has 0 radical (unpaired) electrons. The number of alkyl halides is 10. The third-order valence-corrected chi connectivity index (χ3v) is 3.44. The molecule has 1 amide bonds. The molecule has 0 aromatic rings. The van der Waals surface area contributed by atoms with Crippen LogP contribution in [0.5, 0.6) is 0 Å². The van der Waals surface area contributed by atoms with Crippen LogP contribution in [0.1, 0.15) is 12.8 Å². The Balaban J connectivity index is 3.41. The van der Waals surface area contributed by atoms with Gasteiger partial charge in [-0.3, -0.25) is 4.79 Å². The molecule has 1 aliphatic rings. The van der Waals surface area contributed by atoms with E-state index in [9.17, 15) is 48.7 Å². The summed E-state index contributed by atoms with van der Waals surface area (Å²) < 4.78 is 132. The number of halogens is 10. The van der Waals surface area contributed by atoms with E-state index in [1.807, 2.05) is 0 Å². The molecular weight excluding hydrogens is 340 g/mol. The van der Waals surface area contributed by atoms with E-state index in [0.717, 1.165) is 7.05 Å². The second kappa shape index (κ2) is 4.88. The number of carbonyl (C=O) groups excluding carboxylic acids is 1. The van der Waals surface area contributed by atoms with Gasteiger partial charge in [-0.1, -0.05) is 0 Å². The first-order valence-electron chi connectivity index (χ1n) is 5.66. The van der Waals surface area contributed by atoms with Crippen molar-refractivity contribution < 1.29 is 48.7 Å². The molecular formula is C10H9F10NO. The zero-order chi connectivity index (χ0) is 17.8. The SMILES string of the molecule is CNC(=O)CCC1(F)C(F)C(F)(F)C(F)(F)C(F)(F)C1(F)F. The maximum absolute atomic E-state index is 14.0. The number of rotatable bonds is 3. The second-order valence-electron chi connectivity index (χ2n) is 4.74. The lowest BCUT2D eigenvalue weighted by Gasteiger charge is -2.50. The Kier molecular flexibility index (Phi) is 4.18. The van der Waals surface area contributed by atoms with E-state index in [1.165, 1.54) is 0 Å². The summed E-state index contributed by atoms with van der Waals surface area (Å²) in [6.07, 6.45) is -8.46. The molecule has 130 valence electrons. The molecule has 0 spiro atoms. The predicted octanol–water partition coefficient (Wildman–Crippen LogP) is 3.11. The minimum atomic E-state index is -6.86. The number of carbonyl (C=O) groups is 1. The lowest BCUT2D eigenvalue weighted by Crippen LogP contribution is -2.79. The fraction of sp³-hybridized carbons (Fsp3) is 0.900. The minimum Gasteiger partial charge on any atom is -0.359 e. The Morgan fingerprint density at radius 3 is 1.77 bits per heavy atom. The van der Waals surface area contributed by atoms with Gasteiger partial charge >= 0.3 is 23.7 Å². The lowest BCUT2D eigenvalue weighted by molar-refractivity contribution is -0.442. The van der Waals surface area contributed by atoms with Crippen LogP contribution in [0.15, 0.2) is 0 Å². The highest BCUT2D eigenvalue weighted by molar-refractivity contribution is 5.75. The van der Waals surface area contributed by atoms with Gasteiger partial charge in [0.1, 0.15) is 0 Å². The zero-order valence-electron chi connectivity index (χ0n) is 10.7. The average molecular weight is 349 g/mol. The highest BCUT2D eigenvalue weighted by Gasteiger charge is 2.94. The fourth-order valence-electron chi connectivity index (χ4n) is 1.98. The van der Waals surface area contributed by atoms with Gasteiger partial charge in [-0.15, -0.1) is 0 Å². The van der Waals surface area contributed by atoms with E-state index >= 15 is 0 Å². The quantitative estimate of drug-likeness (QED) is 0.780. The van der Waals surface area contributed by atoms with E-state index in [-0.39, 0.29) is 0 Å². The minimum absolute atomic E-state index is 0.913. The monoisotopic (exact) mass is 349 g/mol. The van der Waals surface area contributed by atoms with Crippen LogP contribution in [0, 0.1) is 0 Å². The van der Waals surface area contributed by atoms with E-state index in [2.05, 4.69) is 0 Å². The highest BCUT2D eigenvalue weighted by atomic mass is 19.4. The summed E-state index contributed by atoms with van der Waals surface area (Å²) in [7, 11) is 0.913. The van der Waals surface area contributed by atoms with Crippen molar-refractivity contribution in [1.82, 2.24) is 5.32 Å². The van der Waals surface area contributed by atoms with Gasteiger partial charge in [-0.05, 0) is 6.42 Å². The van der Waals surface area contributed by atoms with Crippen molar-refractivity contribution in [1.29, 1.82) is 0 Å². The summed E-state index contributed by atoms with van der Waals surface area (Å²) in [5, 5.41) is 1.73. The van der Waals surface area contributed by atoms with Crippen molar-refractivity contribution >= 4 is 5.91 Å². The second-order valence-corrected chi connectivity index (χ2v) is 4.74. The molecule has 1 N–H and O–H groups in total. The molecule has 22 heavy (non-hydrogen) atoms. The van der Waals surface area contributed by atoms with Crippen LogP contribution in [-0.2, 0) is 4.79 Å². The maximum atomic E-state index is 14.0. The average Bonchev–Trinajstić information content (AvgIpc) is 2.41. The van der Waals surface area contributed by atoms with Crippen molar-refractivity contribution in [3.63, 3.8) is 0 Å². The predicted molar refractivity (Wildman–Crippen MR) is 51.8 cm³/mol. The molecule has 1 rings (SSSR count). The van der Waals surface area contributed by atoms with Crippen LogP contribution in [0.4, 0.5) is 43.9 Å². The molecule has 0 aromatic heterocycles. The number of hydrogen-bond acceptors (Lipinski definition) is 1. The lowest BCUT2D eigenvalue weighted by atomic mass is 9.72. The summed E-state index contributed by atoms with van der Waals surface area (Å²) in [6, 6.07) is 0. The van der Waals surface area contributed by atoms with Gasteiger partial charge in [0.15, 0.2) is 0 Å². The van der Waals surface area contributed by atoms with Gasteiger partial charge in [-0.25, -0.2) is 8.78 Å². The summed E-state index contributed by atoms with van der Waals surface area (Å²) in [6.45, 7) is 0. The van der Waals surface area contributed by atoms with Crippen LogP contribution >= 0.6 is 0 Å². The summed E-state index contributed by atoms with van der Waals surface area (Å²) in [5.74, 6) is -27.8. The van der Waals surface area contributed by atoms with Crippen LogP contribution in [0.25, 0.3) is 0 Å². The molecule has 12 heteroatoms. The fourth-order valence-corrected chi connectivity index (χ4v) is 1.98. The molecule has 2 atom stereocenters. The van der Waals surface area contributed by atoms with Gasteiger partial charge in [0, 0.05) is 13.5 Å². The van der Waals surface area contributed by atoms with Crippen LogP contribution < -0.4 is 5.32 Å². The first-order valence-corrected chi connectivity index (χ1v) is 5.66. The smallest absolute Gasteiger partial charge is 0.359 e. The van der Waals surface area contributed by atoms with Crippen LogP contribution in [-0.4, -0.2) is 48.5 Å². The Bertz CT molecular complexity index is 465. The van der Waals surface area contributed by atoms with Gasteiger partial charge in [0.2, 0.25) is 17.7 Å². The van der Waals surface area contributed by atoms with Crippen LogP contribution in [0.3, 0.4) is 0 Å². The van der Waals surface area contributed by atoms with Crippen molar-refractivity contribution in [2.45, 2.75) is 48.4 Å². The third kappa shape index (κ3) is 1.98. The standard InChI is InChI=1S/C10H9F10NO/c1-21-4(22)2-3-6(12)5(11)7(13,14)9(17,18)10(19,20)8(6,15)16/h5H,2-3H2,1H3,(H,21,22). The highest BCUT2D eigenvalue weighted by Crippen LogP contribution is 2.65. The Morgan fingerprint density at radius 1 is 0.909 bits per heavy atom. The van der Waals surface area contributed by atoms with Gasteiger partial charge in [-0.2, -0.15) is 35.1 Å². The Labute approximate surface area is 116 Å².